The van der Waals surface area contributed by atoms with Crippen molar-refractivity contribution in [3.8, 4) is 0 Å². The van der Waals surface area contributed by atoms with Gasteiger partial charge in [-0.2, -0.15) is 0 Å². The smallest absolute Gasteiger partial charge is 0.408 e. The predicted molar refractivity (Wildman–Crippen MR) is 145 cm³/mol. The van der Waals surface area contributed by atoms with Gasteiger partial charge in [0.2, 0.25) is 17.7 Å². The Bertz CT molecular complexity index is 962. The molecule has 1 aromatic carbocycles. The average Bonchev–Trinajstić information content (AvgIpc) is 2.71. The summed E-state index contributed by atoms with van der Waals surface area (Å²) in [5, 5.41) is 5.52. The number of ether oxygens (including phenoxy) is 1. The standard InChI is InChI=1S/C28H46N4O5/c1-10-11-12-15-32(25(35)21(17-22(29)33)30-26(36)37-28(7,8)9)23(24(34)31-27(4,5)6)20-16-18(2)13-14-19(20)3/h13-14,16,21,23H,10-12,15,17H2,1-9H3,(H2,29,33)(H,30,36)(H,31,34). The molecule has 0 aromatic heterocycles. The van der Waals surface area contributed by atoms with Crippen LogP contribution in [0.1, 0.15) is 96.9 Å². The van der Waals surface area contributed by atoms with E-state index in [4.69, 9.17) is 10.5 Å². The molecule has 2 atom stereocenters. The highest BCUT2D eigenvalue weighted by Crippen LogP contribution is 2.28. The quantitative estimate of drug-likeness (QED) is 0.381. The maximum atomic E-state index is 14.0. The van der Waals surface area contributed by atoms with Gasteiger partial charge in [-0.15, -0.1) is 0 Å². The van der Waals surface area contributed by atoms with Gasteiger partial charge in [0.25, 0.3) is 0 Å². The van der Waals surface area contributed by atoms with Crippen molar-refractivity contribution in [1.82, 2.24) is 15.5 Å². The number of aryl methyl sites for hydroxylation is 2. The van der Waals surface area contributed by atoms with Gasteiger partial charge in [0.15, 0.2) is 0 Å². The normalized spacial score (nSPS) is 13.3. The number of carbonyl (C=O) groups excluding carboxylic acids is 4. The number of nitrogens with one attached hydrogen (secondary N) is 2. The lowest BCUT2D eigenvalue weighted by atomic mass is 9.94. The Balaban J connectivity index is 3.62. The van der Waals surface area contributed by atoms with E-state index in [2.05, 4.69) is 10.6 Å². The lowest BCUT2D eigenvalue weighted by Gasteiger charge is -2.36. The number of nitrogens with zero attached hydrogens (tertiary/aromatic N) is 1. The van der Waals surface area contributed by atoms with Crippen LogP contribution in [0.15, 0.2) is 18.2 Å². The summed E-state index contributed by atoms with van der Waals surface area (Å²) in [5.74, 6) is -1.68. The lowest BCUT2D eigenvalue weighted by Crippen LogP contribution is -2.55. The van der Waals surface area contributed by atoms with Crippen molar-refractivity contribution in [3.63, 3.8) is 0 Å². The van der Waals surface area contributed by atoms with E-state index in [1.54, 1.807) is 20.8 Å². The second-order valence-electron chi connectivity index (χ2n) is 11.6. The van der Waals surface area contributed by atoms with Crippen LogP contribution < -0.4 is 16.4 Å². The van der Waals surface area contributed by atoms with Crippen molar-refractivity contribution in [2.75, 3.05) is 6.54 Å². The Morgan fingerprint density at radius 1 is 1.03 bits per heavy atom. The Labute approximate surface area is 221 Å². The highest BCUT2D eigenvalue weighted by Gasteiger charge is 2.38. The third-order valence-electron chi connectivity index (χ3n) is 5.47. The Kier molecular flexibility index (Phi) is 11.6. The van der Waals surface area contributed by atoms with Gasteiger partial charge in [-0.25, -0.2) is 4.79 Å². The van der Waals surface area contributed by atoms with Crippen molar-refractivity contribution < 1.29 is 23.9 Å². The zero-order valence-electron chi connectivity index (χ0n) is 24.0. The zero-order valence-corrected chi connectivity index (χ0v) is 24.0. The van der Waals surface area contributed by atoms with Crippen LogP contribution in [0.3, 0.4) is 0 Å². The molecule has 0 heterocycles. The lowest BCUT2D eigenvalue weighted by molar-refractivity contribution is -0.144. The van der Waals surface area contributed by atoms with Gasteiger partial charge in [-0.05, 0) is 72.9 Å². The highest BCUT2D eigenvalue weighted by atomic mass is 16.6. The van der Waals surface area contributed by atoms with Gasteiger partial charge in [0, 0.05) is 12.1 Å². The molecule has 2 unspecified atom stereocenters. The fourth-order valence-electron chi connectivity index (χ4n) is 3.89. The molecule has 0 saturated heterocycles. The Morgan fingerprint density at radius 2 is 1.65 bits per heavy atom. The van der Waals surface area contributed by atoms with E-state index >= 15 is 0 Å². The number of rotatable bonds is 11. The predicted octanol–water partition coefficient (Wildman–Crippen LogP) is 4.05. The molecule has 0 aliphatic rings. The van der Waals surface area contributed by atoms with E-state index in [1.807, 2.05) is 59.7 Å². The molecule has 0 spiro atoms. The van der Waals surface area contributed by atoms with E-state index in [9.17, 15) is 19.2 Å². The molecular formula is C28H46N4O5. The van der Waals surface area contributed by atoms with Crippen LogP contribution >= 0.6 is 0 Å². The van der Waals surface area contributed by atoms with Crippen LogP contribution in [0.25, 0.3) is 0 Å². The number of carbonyl (C=O) groups is 4. The van der Waals surface area contributed by atoms with Gasteiger partial charge in [0.1, 0.15) is 17.7 Å². The van der Waals surface area contributed by atoms with Crippen LogP contribution in [0.2, 0.25) is 0 Å². The first kappa shape index (κ1) is 31.9. The summed E-state index contributed by atoms with van der Waals surface area (Å²) in [6, 6.07) is 3.49. The monoisotopic (exact) mass is 518 g/mol. The van der Waals surface area contributed by atoms with Crippen LogP contribution in [-0.4, -0.2) is 52.4 Å². The first-order chi connectivity index (χ1) is 16.9. The number of benzene rings is 1. The molecule has 4 N–H and O–H groups in total. The number of primary amides is 1. The largest absolute Gasteiger partial charge is 0.444 e. The van der Waals surface area contributed by atoms with Crippen molar-refractivity contribution >= 4 is 23.8 Å². The van der Waals surface area contributed by atoms with Crippen molar-refractivity contribution in [2.24, 2.45) is 5.73 Å². The second-order valence-corrected chi connectivity index (χ2v) is 11.6. The topological polar surface area (TPSA) is 131 Å². The number of amides is 4. The van der Waals surface area contributed by atoms with Gasteiger partial charge < -0.3 is 26.0 Å². The number of alkyl carbamates (subject to hydrolysis) is 1. The fourth-order valence-corrected chi connectivity index (χ4v) is 3.89. The maximum absolute atomic E-state index is 14.0. The third-order valence-corrected chi connectivity index (χ3v) is 5.47. The molecule has 0 bridgehead atoms. The van der Waals surface area contributed by atoms with Gasteiger partial charge >= 0.3 is 6.09 Å². The van der Waals surface area contributed by atoms with Crippen molar-refractivity contribution in [1.29, 1.82) is 0 Å². The molecule has 0 aliphatic carbocycles. The molecule has 37 heavy (non-hydrogen) atoms. The van der Waals surface area contributed by atoms with Crippen LogP contribution in [0.5, 0.6) is 0 Å². The molecule has 4 amide bonds. The summed E-state index contributed by atoms with van der Waals surface area (Å²) in [5.41, 5.74) is 6.56. The molecule has 0 radical (unpaired) electrons. The molecule has 0 saturated carbocycles. The summed E-state index contributed by atoms with van der Waals surface area (Å²) in [6.45, 7) is 16.8. The summed E-state index contributed by atoms with van der Waals surface area (Å²) in [4.78, 5) is 53.7. The minimum Gasteiger partial charge on any atom is -0.444 e. The Morgan fingerprint density at radius 3 is 2.16 bits per heavy atom. The number of hydrogen-bond acceptors (Lipinski definition) is 5. The van der Waals surface area contributed by atoms with Crippen LogP contribution in [0.4, 0.5) is 4.79 Å². The molecular weight excluding hydrogens is 472 g/mol. The van der Waals surface area contributed by atoms with Crippen LogP contribution in [0, 0.1) is 13.8 Å². The average molecular weight is 519 g/mol. The molecule has 208 valence electrons. The number of hydrogen-bond donors (Lipinski definition) is 3. The second kappa shape index (κ2) is 13.4. The first-order valence-corrected chi connectivity index (χ1v) is 12.9. The van der Waals surface area contributed by atoms with Gasteiger partial charge in [-0.1, -0.05) is 43.5 Å². The highest BCUT2D eigenvalue weighted by molar-refractivity contribution is 5.94. The number of nitrogens with two attached hydrogens (primary N) is 1. The van der Waals surface area contributed by atoms with E-state index in [1.165, 1.54) is 4.90 Å². The third kappa shape index (κ3) is 11.2. The maximum Gasteiger partial charge on any atom is 0.408 e. The first-order valence-electron chi connectivity index (χ1n) is 12.9. The molecule has 9 heteroatoms. The number of unbranched alkanes of at least 4 members (excludes halogenated alkanes) is 2. The molecule has 0 aliphatic heterocycles. The van der Waals surface area contributed by atoms with Crippen molar-refractivity contribution in [3.05, 3.63) is 34.9 Å². The molecule has 1 aromatic rings. The zero-order chi connectivity index (χ0) is 28.6. The van der Waals surface area contributed by atoms with Crippen molar-refractivity contribution in [2.45, 2.75) is 111 Å². The van der Waals surface area contributed by atoms with E-state index in [-0.39, 0.29) is 12.5 Å². The summed E-state index contributed by atoms with van der Waals surface area (Å²) in [6.07, 6.45) is 1.11. The van der Waals surface area contributed by atoms with Crippen LogP contribution in [-0.2, 0) is 19.1 Å². The summed E-state index contributed by atoms with van der Waals surface area (Å²) < 4.78 is 5.32. The van der Waals surface area contributed by atoms with Gasteiger partial charge in [-0.3, -0.25) is 14.4 Å². The molecule has 0 fully saturated rings. The minimum absolute atomic E-state index is 0.257. The fraction of sp³-hybridized carbons (Fsp3) is 0.643. The Hall–Kier alpha value is -3.10. The summed E-state index contributed by atoms with van der Waals surface area (Å²) >= 11 is 0. The summed E-state index contributed by atoms with van der Waals surface area (Å²) in [7, 11) is 0. The van der Waals surface area contributed by atoms with Gasteiger partial charge in [0.05, 0.1) is 6.42 Å². The van der Waals surface area contributed by atoms with E-state index in [0.717, 1.165) is 24.0 Å². The molecule has 9 nitrogen and oxygen atoms in total. The molecule has 1 rings (SSSR count). The minimum atomic E-state index is -1.29. The van der Waals surface area contributed by atoms with E-state index in [0.29, 0.717) is 12.0 Å². The van der Waals surface area contributed by atoms with E-state index < -0.39 is 47.6 Å². The SMILES string of the molecule is CCCCCN(C(=O)C(CC(N)=O)NC(=O)OC(C)(C)C)C(C(=O)NC(C)(C)C)c1cc(C)ccc1C.